The van der Waals surface area contributed by atoms with E-state index in [0.29, 0.717) is 0 Å². The molecular weight excluding hydrogens is 1200 g/mol. The van der Waals surface area contributed by atoms with Crippen LogP contribution < -0.4 is 76.4 Å². The average Bonchev–Trinajstić information content (AvgIpc) is 3.34. The Bertz CT molecular complexity index is 1890. The fourth-order valence-corrected chi connectivity index (χ4v) is 19.8. The van der Waals surface area contributed by atoms with Crippen molar-refractivity contribution in [2.75, 3.05) is 24.6 Å². The maximum atomic E-state index is 4.81. The van der Waals surface area contributed by atoms with Crippen LogP contribution in [-0.4, -0.2) is 33.2 Å². The predicted octanol–water partition coefficient (Wildman–Crippen LogP) is 7.41. The van der Waals surface area contributed by atoms with Gasteiger partial charge in [0, 0.05) is 0 Å². The molecule has 0 saturated heterocycles. The zero-order chi connectivity index (χ0) is 45.2. The van der Waals surface area contributed by atoms with E-state index in [4.69, 9.17) is 69.6 Å². The molecule has 0 unspecified atom stereocenters. The maximum Gasteiger partial charge on any atom is 2.00 e. The molecule has 8 rings (SSSR count). The minimum atomic E-state index is -0.783. The van der Waals surface area contributed by atoms with Crippen molar-refractivity contribution in [3.8, 4) is 0 Å². The summed E-state index contributed by atoms with van der Waals surface area (Å²) >= 11 is 28.8. The molecule has 8 aromatic rings. The fraction of sp³-hybridized carbons (Fsp3) is 0.111. The third-order valence-electron chi connectivity index (χ3n) is 10.2. The largest absolute Gasteiger partial charge is 2.00 e. The van der Waals surface area contributed by atoms with Crippen LogP contribution in [0.15, 0.2) is 243 Å². The molecule has 0 amide bonds. The van der Waals surface area contributed by atoms with Gasteiger partial charge < -0.3 is 34.0 Å². The first kappa shape index (κ1) is 61.8. The number of hydrogen-bond acceptors (Lipinski definition) is 0. The second-order valence-corrected chi connectivity index (χ2v) is 28.7. The van der Waals surface area contributed by atoms with Gasteiger partial charge in [-0.1, -0.05) is 215 Å². The number of rotatable bonds is 14. The number of halogens is 8. The van der Waals surface area contributed by atoms with Crippen LogP contribution in [0.1, 0.15) is 0 Å². The normalized spacial score (nSPS) is 10.3. The quantitative estimate of drug-likeness (QED) is 0.0606. The summed E-state index contributed by atoms with van der Waals surface area (Å²) in [5, 5.41) is 12.1. The van der Waals surface area contributed by atoms with Crippen molar-refractivity contribution in [3.63, 3.8) is 0 Å². The van der Waals surface area contributed by atoms with E-state index in [-0.39, 0.29) is 50.5 Å². The molecule has 352 valence electrons. The van der Waals surface area contributed by atoms with Crippen LogP contribution in [0, 0.1) is 0 Å². The molecule has 0 aromatic heterocycles. The van der Waals surface area contributed by atoms with E-state index in [1.54, 1.807) is 0 Å². The smallest absolute Gasteiger partial charge is 1.00 e. The first-order valence-corrected chi connectivity index (χ1v) is 30.5. The molecule has 0 aliphatic heterocycles. The third kappa shape index (κ3) is 23.2. The first-order valence-electron chi connectivity index (χ1n) is 21.0. The van der Waals surface area contributed by atoms with Crippen molar-refractivity contribution in [2.24, 2.45) is 0 Å². The summed E-state index contributed by atoms with van der Waals surface area (Å²) in [6, 6.07) is 89.0. The molecule has 67 heavy (non-hydrogen) atoms. The Morgan fingerprint density at radius 1 is 0.224 bits per heavy atom. The summed E-state index contributed by atoms with van der Waals surface area (Å²) in [7, 11) is -3.13. The van der Waals surface area contributed by atoms with Crippen LogP contribution in [0.2, 0.25) is 0 Å². The van der Waals surface area contributed by atoms with Gasteiger partial charge in [0.05, 0.1) is 74.1 Å². The van der Waals surface area contributed by atoms with Crippen LogP contribution in [0.4, 0.5) is 0 Å². The van der Waals surface area contributed by atoms with E-state index in [1.165, 1.54) is 67.1 Å². The third-order valence-corrected chi connectivity index (χ3v) is 22.5. The van der Waals surface area contributed by atoms with Crippen LogP contribution in [0.25, 0.3) is 0 Å². The molecule has 0 N–H and O–H groups in total. The van der Waals surface area contributed by atoms with Crippen molar-refractivity contribution in [2.45, 2.75) is 8.59 Å². The summed E-state index contributed by atoms with van der Waals surface area (Å²) in [5.74, 6) is 0. The van der Waals surface area contributed by atoms with E-state index < -0.39 is 40.3 Å². The molecule has 0 aliphatic rings. The van der Waals surface area contributed by atoms with E-state index in [2.05, 4.69) is 243 Å². The zero-order valence-corrected chi connectivity index (χ0v) is 49.1. The molecule has 0 nitrogen and oxygen atoms in total. The molecule has 0 spiro atoms. The second kappa shape index (κ2) is 36.6. The summed E-state index contributed by atoms with van der Waals surface area (Å²) in [5.41, 5.74) is 0. The Hall–Kier alpha value is -1.33. The van der Waals surface area contributed by atoms with E-state index >= 15 is 0 Å². The monoisotopic (exact) mass is 1250 g/mol. The van der Waals surface area contributed by atoms with Crippen molar-refractivity contribution in [1.82, 2.24) is 0 Å². The second-order valence-electron chi connectivity index (χ2n) is 14.3. The van der Waals surface area contributed by atoms with Gasteiger partial charge in [-0.25, -0.2) is 0 Å². The van der Waals surface area contributed by atoms with Gasteiger partial charge >= 0.3 is 16.5 Å². The maximum absolute atomic E-state index is 4.81. The van der Waals surface area contributed by atoms with Gasteiger partial charge in [0.2, 0.25) is 0 Å². The first-order chi connectivity index (χ1) is 31.3. The summed E-state index contributed by atoms with van der Waals surface area (Å²) in [6.45, 7) is 0. The van der Waals surface area contributed by atoms with Crippen LogP contribution >= 0.6 is 101 Å². The molecule has 13 heteroatoms. The van der Waals surface area contributed by atoms with Crippen LogP contribution in [0.5, 0.6) is 0 Å². The zero-order valence-electron chi connectivity index (χ0n) is 36.4. The van der Waals surface area contributed by atoms with E-state index in [9.17, 15) is 0 Å². The Labute approximate surface area is 465 Å². The Kier molecular flexibility index (Phi) is 33.7. The van der Waals surface area contributed by atoms with Crippen LogP contribution in [-0.2, 0) is 16.5 Å². The minimum absolute atomic E-state index is 0. The van der Waals surface area contributed by atoms with Crippen molar-refractivity contribution >= 4 is 144 Å². The van der Waals surface area contributed by atoms with Crippen molar-refractivity contribution in [3.05, 3.63) is 243 Å². The fourth-order valence-electron chi connectivity index (χ4n) is 7.44. The minimum Gasteiger partial charge on any atom is -1.00 e. The molecular formula is C54H54Br2Cl6NiP4+4. The summed E-state index contributed by atoms with van der Waals surface area (Å²) < 4.78 is -1.50. The molecule has 0 atom stereocenters. The summed E-state index contributed by atoms with van der Waals surface area (Å²) in [6.07, 6.45) is 5.04. The van der Waals surface area contributed by atoms with Gasteiger partial charge in [-0.15, -0.1) is 0 Å². The molecule has 0 bridgehead atoms. The Morgan fingerprint density at radius 3 is 0.403 bits per heavy atom. The van der Waals surface area contributed by atoms with Gasteiger partial charge in [-0.2, -0.15) is 0 Å². The van der Waals surface area contributed by atoms with Gasteiger partial charge in [0.25, 0.3) is 0 Å². The summed E-state index contributed by atoms with van der Waals surface area (Å²) in [4.78, 5) is 0. The number of alkyl halides is 6. The van der Waals surface area contributed by atoms with Crippen LogP contribution in [0.3, 0.4) is 0 Å². The Morgan fingerprint density at radius 2 is 0.313 bits per heavy atom. The van der Waals surface area contributed by atoms with Gasteiger partial charge in [0.1, 0.15) is 24.6 Å². The van der Waals surface area contributed by atoms with E-state index in [1.807, 2.05) is 0 Å². The molecule has 0 heterocycles. The topological polar surface area (TPSA) is 0 Å². The predicted molar refractivity (Wildman–Crippen MR) is 304 cm³/mol. The molecule has 8 aromatic carbocycles. The van der Waals surface area contributed by atoms with Gasteiger partial charge in [0.15, 0.2) is 8.59 Å². The molecule has 0 fully saturated rings. The SMILES string of the molecule is ClC(Cl)Cl.ClC(Cl)Cl.[Br-].[Br-].[Ni+2].c1ccc([PH+](CC[PH+](c2ccccc2)c2ccccc2)c2ccccc2)cc1.c1ccc([PH+](CC[PH+](c2ccccc2)c2ccccc2)c2ccccc2)cc1. The van der Waals surface area contributed by atoms with Crippen molar-refractivity contribution < 1.29 is 50.5 Å². The van der Waals surface area contributed by atoms with Gasteiger partial charge in [-0.05, 0) is 97.1 Å². The number of hydrogen-bond donors (Lipinski definition) is 0. The molecule has 0 aliphatic carbocycles. The molecule has 0 saturated carbocycles. The average molecular weight is 1260 g/mol. The molecule has 0 radical (unpaired) electrons. The standard InChI is InChI=1S/2C26H24P2.2CHCl3.2BrH.Ni/c2*1-5-13-23(14-6-1)27(24-15-7-2-8-16-24)21-22-28(25-17-9-3-10-18-25)26-19-11-4-12-20-26;2*2-1(3)4;;;/h2*1-20H,21-22H2;2*1H;2*1H;/q;;;;;;+2/p+2. The van der Waals surface area contributed by atoms with Gasteiger partial charge in [-0.3, -0.25) is 0 Å². The van der Waals surface area contributed by atoms with E-state index in [0.717, 1.165) is 0 Å². The van der Waals surface area contributed by atoms with Crippen molar-refractivity contribution in [1.29, 1.82) is 0 Å². The Balaban J connectivity index is 0.000000382. The number of benzene rings is 8.